The minimum Gasteiger partial charge on any atom is -0.493 e. The molecule has 1 unspecified atom stereocenters. The Bertz CT molecular complexity index is 885. The second-order valence-corrected chi connectivity index (χ2v) is 8.74. The van der Waals surface area contributed by atoms with Crippen LogP contribution in [0.1, 0.15) is 12.8 Å². The van der Waals surface area contributed by atoms with Crippen LogP contribution in [0.15, 0.2) is 53.4 Å². The first-order chi connectivity index (χ1) is 13.1. The first-order valence-electron chi connectivity index (χ1n) is 9.20. The first-order valence-corrected chi connectivity index (χ1v) is 10.6. The van der Waals surface area contributed by atoms with Crippen molar-refractivity contribution in [3.05, 3.63) is 48.5 Å². The van der Waals surface area contributed by atoms with Gasteiger partial charge in [-0.05, 0) is 37.1 Å². The lowest BCUT2D eigenvalue weighted by atomic mass is 10.0. The zero-order valence-electron chi connectivity index (χ0n) is 15.0. The van der Waals surface area contributed by atoms with Gasteiger partial charge in [0.25, 0.3) is 0 Å². The van der Waals surface area contributed by atoms with Gasteiger partial charge in [-0.2, -0.15) is 4.31 Å². The molecule has 2 aromatic rings. The van der Waals surface area contributed by atoms with Crippen LogP contribution in [0.4, 0.5) is 0 Å². The van der Waals surface area contributed by atoms with Crippen LogP contribution in [0, 0.1) is 5.92 Å². The number of benzene rings is 2. The maximum atomic E-state index is 13.1. The van der Waals surface area contributed by atoms with Crippen LogP contribution in [0.5, 0.6) is 17.2 Å². The topological polar surface area (TPSA) is 65.1 Å². The molecule has 2 aromatic carbocycles. The predicted octanol–water partition coefficient (Wildman–Crippen LogP) is 2.94. The van der Waals surface area contributed by atoms with Crippen molar-refractivity contribution in [2.75, 3.05) is 32.9 Å². The minimum atomic E-state index is -3.57. The number of nitrogens with zero attached hydrogens (tertiary/aromatic N) is 1. The molecular weight excluding hydrogens is 366 g/mol. The number of sulfonamides is 1. The molecule has 2 aliphatic heterocycles. The molecule has 2 heterocycles. The van der Waals surface area contributed by atoms with Gasteiger partial charge in [0.15, 0.2) is 11.5 Å². The smallest absolute Gasteiger partial charge is 0.243 e. The molecular formula is C20H23NO5S. The summed E-state index contributed by atoms with van der Waals surface area (Å²) in [5.74, 6) is 2.06. The SMILES string of the molecule is O=S(=O)(c1ccc2c(c1)OCCO2)N1CCCC(COc2ccccc2)C1. The summed E-state index contributed by atoms with van der Waals surface area (Å²) in [5.41, 5.74) is 0. The standard InChI is InChI=1S/C20H23NO5S/c22-27(23,18-8-9-19-20(13-18)25-12-11-24-19)21-10-4-5-16(14-21)15-26-17-6-2-1-3-7-17/h1-3,6-9,13,16H,4-5,10-12,14-15H2. The van der Waals surface area contributed by atoms with Gasteiger partial charge in [-0.1, -0.05) is 18.2 Å². The fraction of sp³-hybridized carbons (Fsp3) is 0.400. The third-order valence-electron chi connectivity index (χ3n) is 4.86. The Morgan fingerprint density at radius 1 is 1.04 bits per heavy atom. The van der Waals surface area contributed by atoms with Gasteiger partial charge in [0.05, 0.1) is 11.5 Å². The van der Waals surface area contributed by atoms with E-state index in [9.17, 15) is 8.42 Å². The number of hydrogen-bond acceptors (Lipinski definition) is 5. The average Bonchev–Trinajstić information content (AvgIpc) is 2.73. The third kappa shape index (κ3) is 4.04. The van der Waals surface area contributed by atoms with Gasteiger partial charge in [-0.15, -0.1) is 0 Å². The molecule has 6 nitrogen and oxygen atoms in total. The zero-order valence-corrected chi connectivity index (χ0v) is 15.9. The van der Waals surface area contributed by atoms with E-state index in [1.54, 1.807) is 22.5 Å². The van der Waals surface area contributed by atoms with Crippen molar-refractivity contribution in [1.82, 2.24) is 4.31 Å². The second kappa shape index (κ2) is 7.78. The molecule has 144 valence electrons. The molecule has 1 atom stereocenters. The number of rotatable bonds is 5. The maximum Gasteiger partial charge on any atom is 0.243 e. The van der Waals surface area contributed by atoms with E-state index in [-0.39, 0.29) is 10.8 Å². The molecule has 2 aliphatic rings. The molecule has 0 bridgehead atoms. The van der Waals surface area contributed by atoms with E-state index in [1.165, 1.54) is 0 Å². The summed E-state index contributed by atoms with van der Waals surface area (Å²) < 4.78 is 44.6. The zero-order chi connectivity index (χ0) is 18.7. The van der Waals surface area contributed by atoms with Crippen LogP contribution in [0.3, 0.4) is 0 Å². The van der Waals surface area contributed by atoms with Gasteiger partial charge >= 0.3 is 0 Å². The average molecular weight is 389 g/mol. The Morgan fingerprint density at radius 3 is 2.63 bits per heavy atom. The molecule has 7 heteroatoms. The van der Waals surface area contributed by atoms with Crippen molar-refractivity contribution in [2.24, 2.45) is 5.92 Å². The second-order valence-electron chi connectivity index (χ2n) is 6.80. The highest BCUT2D eigenvalue weighted by atomic mass is 32.2. The van der Waals surface area contributed by atoms with Crippen molar-refractivity contribution in [3.8, 4) is 17.2 Å². The highest BCUT2D eigenvalue weighted by Gasteiger charge is 2.31. The Hall–Kier alpha value is -2.25. The molecule has 27 heavy (non-hydrogen) atoms. The molecule has 0 radical (unpaired) electrons. The lowest BCUT2D eigenvalue weighted by molar-refractivity contribution is 0.170. The van der Waals surface area contributed by atoms with Crippen LogP contribution >= 0.6 is 0 Å². The molecule has 0 saturated carbocycles. The van der Waals surface area contributed by atoms with E-state index in [2.05, 4.69) is 0 Å². The normalized spacial score (nSPS) is 20.2. The van der Waals surface area contributed by atoms with Crippen molar-refractivity contribution < 1.29 is 22.6 Å². The van der Waals surface area contributed by atoms with Crippen LogP contribution in [0.25, 0.3) is 0 Å². The molecule has 1 saturated heterocycles. The number of fused-ring (bicyclic) bond motifs is 1. The summed E-state index contributed by atoms with van der Waals surface area (Å²) in [5, 5.41) is 0. The van der Waals surface area contributed by atoms with E-state index in [0.29, 0.717) is 44.4 Å². The largest absolute Gasteiger partial charge is 0.493 e. The number of hydrogen-bond donors (Lipinski definition) is 0. The van der Waals surface area contributed by atoms with Gasteiger partial charge in [0.2, 0.25) is 10.0 Å². The fourth-order valence-corrected chi connectivity index (χ4v) is 5.02. The highest BCUT2D eigenvalue weighted by molar-refractivity contribution is 7.89. The van der Waals surface area contributed by atoms with E-state index < -0.39 is 10.0 Å². The lowest BCUT2D eigenvalue weighted by Gasteiger charge is -2.32. The molecule has 0 amide bonds. The lowest BCUT2D eigenvalue weighted by Crippen LogP contribution is -2.41. The van der Waals surface area contributed by atoms with E-state index in [4.69, 9.17) is 14.2 Å². The fourth-order valence-electron chi connectivity index (χ4n) is 3.45. The number of para-hydroxylation sites is 1. The van der Waals surface area contributed by atoms with Crippen molar-refractivity contribution in [3.63, 3.8) is 0 Å². The van der Waals surface area contributed by atoms with Crippen molar-refractivity contribution in [2.45, 2.75) is 17.7 Å². The van der Waals surface area contributed by atoms with E-state index in [1.807, 2.05) is 30.3 Å². The molecule has 1 fully saturated rings. The molecule has 0 N–H and O–H groups in total. The Labute approximate surface area is 159 Å². The molecule has 0 aliphatic carbocycles. The Balaban J connectivity index is 1.45. The monoisotopic (exact) mass is 389 g/mol. The molecule has 4 rings (SSSR count). The first kappa shape index (κ1) is 18.1. The van der Waals surface area contributed by atoms with Crippen LogP contribution in [-0.2, 0) is 10.0 Å². The quantitative estimate of drug-likeness (QED) is 0.787. The van der Waals surface area contributed by atoms with Gasteiger partial charge in [0.1, 0.15) is 19.0 Å². The molecule has 0 aromatic heterocycles. The highest BCUT2D eigenvalue weighted by Crippen LogP contribution is 2.34. The maximum absolute atomic E-state index is 13.1. The van der Waals surface area contributed by atoms with Crippen LogP contribution in [-0.4, -0.2) is 45.6 Å². The van der Waals surface area contributed by atoms with Crippen LogP contribution < -0.4 is 14.2 Å². The van der Waals surface area contributed by atoms with E-state index in [0.717, 1.165) is 18.6 Å². The summed E-state index contributed by atoms with van der Waals surface area (Å²) in [4.78, 5) is 0.247. The van der Waals surface area contributed by atoms with Gasteiger partial charge in [-0.25, -0.2) is 8.42 Å². The summed E-state index contributed by atoms with van der Waals surface area (Å²) in [6.45, 7) is 2.41. The summed E-state index contributed by atoms with van der Waals surface area (Å²) in [7, 11) is -3.57. The van der Waals surface area contributed by atoms with Gasteiger partial charge < -0.3 is 14.2 Å². The Morgan fingerprint density at radius 2 is 1.81 bits per heavy atom. The van der Waals surface area contributed by atoms with Crippen LogP contribution in [0.2, 0.25) is 0 Å². The molecule has 0 spiro atoms. The van der Waals surface area contributed by atoms with E-state index >= 15 is 0 Å². The summed E-state index contributed by atoms with van der Waals surface area (Å²) >= 11 is 0. The third-order valence-corrected chi connectivity index (χ3v) is 6.72. The number of piperidine rings is 1. The van der Waals surface area contributed by atoms with Gasteiger partial charge in [-0.3, -0.25) is 0 Å². The minimum absolute atomic E-state index is 0.172. The van der Waals surface area contributed by atoms with Crippen molar-refractivity contribution >= 4 is 10.0 Å². The number of ether oxygens (including phenoxy) is 3. The predicted molar refractivity (Wildman–Crippen MR) is 101 cm³/mol. The van der Waals surface area contributed by atoms with Crippen molar-refractivity contribution in [1.29, 1.82) is 0 Å². The summed E-state index contributed by atoms with van der Waals surface area (Å²) in [6.07, 6.45) is 1.78. The van der Waals surface area contributed by atoms with Gasteiger partial charge in [0, 0.05) is 25.1 Å². The summed E-state index contributed by atoms with van der Waals surface area (Å²) in [6, 6.07) is 14.4. The Kier molecular flexibility index (Phi) is 5.22.